The topological polar surface area (TPSA) is 52.3 Å². The maximum atomic E-state index is 12.0. The van der Waals surface area contributed by atoms with Crippen LogP contribution in [0.4, 0.5) is 0 Å². The summed E-state index contributed by atoms with van der Waals surface area (Å²) in [5, 5.41) is 0. The van der Waals surface area contributed by atoms with Gasteiger partial charge < -0.3 is 10.5 Å². The van der Waals surface area contributed by atoms with Gasteiger partial charge in [-0.05, 0) is 29.2 Å². The SMILES string of the molecule is CCOC(=O)C(N)C1c2ccccc2-c2ccccc21. The molecular formula is C17H17NO2. The molecule has 0 amide bonds. The minimum absolute atomic E-state index is 0.124. The van der Waals surface area contributed by atoms with Crippen LogP contribution in [0.2, 0.25) is 0 Å². The van der Waals surface area contributed by atoms with Crippen LogP contribution >= 0.6 is 0 Å². The number of hydrogen-bond acceptors (Lipinski definition) is 3. The van der Waals surface area contributed by atoms with E-state index in [0.29, 0.717) is 6.61 Å². The maximum Gasteiger partial charge on any atom is 0.323 e. The summed E-state index contributed by atoms with van der Waals surface area (Å²) in [6, 6.07) is 15.5. The standard InChI is InChI=1S/C17H17NO2/c1-2-20-17(19)16(18)15-13-9-5-3-7-11(13)12-8-4-6-10-14(12)15/h3-10,15-16H,2,18H2,1H3. The highest BCUT2D eigenvalue weighted by molar-refractivity contribution is 5.85. The third kappa shape index (κ3) is 1.91. The predicted molar refractivity (Wildman–Crippen MR) is 78.3 cm³/mol. The molecule has 20 heavy (non-hydrogen) atoms. The molecule has 3 rings (SSSR count). The van der Waals surface area contributed by atoms with Crippen molar-refractivity contribution in [2.75, 3.05) is 6.61 Å². The van der Waals surface area contributed by atoms with Crippen LogP contribution in [0, 0.1) is 0 Å². The highest BCUT2D eigenvalue weighted by Crippen LogP contribution is 2.45. The van der Waals surface area contributed by atoms with Gasteiger partial charge in [0.2, 0.25) is 0 Å². The van der Waals surface area contributed by atoms with E-state index in [-0.39, 0.29) is 11.9 Å². The molecule has 0 heterocycles. The van der Waals surface area contributed by atoms with Gasteiger partial charge in [-0.15, -0.1) is 0 Å². The number of hydrogen-bond donors (Lipinski definition) is 1. The molecule has 0 spiro atoms. The van der Waals surface area contributed by atoms with E-state index >= 15 is 0 Å². The number of fused-ring (bicyclic) bond motifs is 3. The Morgan fingerprint density at radius 1 is 1.10 bits per heavy atom. The van der Waals surface area contributed by atoms with Crippen molar-refractivity contribution in [2.45, 2.75) is 18.9 Å². The van der Waals surface area contributed by atoms with Gasteiger partial charge in [-0.2, -0.15) is 0 Å². The van der Waals surface area contributed by atoms with E-state index in [0.717, 1.165) is 22.3 Å². The summed E-state index contributed by atoms with van der Waals surface area (Å²) in [5.74, 6) is -0.467. The molecule has 0 fully saturated rings. The zero-order chi connectivity index (χ0) is 14.1. The van der Waals surface area contributed by atoms with Crippen molar-refractivity contribution in [3.05, 3.63) is 59.7 Å². The Hall–Kier alpha value is -2.13. The Labute approximate surface area is 118 Å². The maximum absolute atomic E-state index is 12.0. The predicted octanol–water partition coefficient (Wildman–Crippen LogP) is 2.69. The van der Waals surface area contributed by atoms with Crippen molar-refractivity contribution in [1.82, 2.24) is 0 Å². The van der Waals surface area contributed by atoms with Crippen molar-refractivity contribution >= 4 is 5.97 Å². The summed E-state index contributed by atoms with van der Waals surface area (Å²) in [6.07, 6.45) is 0. The third-order valence-corrected chi connectivity index (χ3v) is 3.80. The number of carbonyl (C=O) groups excluding carboxylic acids is 1. The largest absolute Gasteiger partial charge is 0.465 e. The molecule has 0 saturated carbocycles. The average Bonchev–Trinajstić information content (AvgIpc) is 2.81. The van der Waals surface area contributed by atoms with Gasteiger partial charge in [-0.3, -0.25) is 4.79 Å². The highest BCUT2D eigenvalue weighted by atomic mass is 16.5. The molecule has 3 nitrogen and oxygen atoms in total. The lowest BCUT2D eigenvalue weighted by molar-refractivity contribution is -0.145. The Kier molecular flexibility index (Phi) is 3.28. The van der Waals surface area contributed by atoms with Gasteiger partial charge in [0.15, 0.2) is 0 Å². The van der Waals surface area contributed by atoms with Crippen LogP contribution in [-0.4, -0.2) is 18.6 Å². The number of benzene rings is 2. The molecule has 2 aromatic carbocycles. The van der Waals surface area contributed by atoms with Gasteiger partial charge in [-0.25, -0.2) is 0 Å². The summed E-state index contributed by atoms with van der Waals surface area (Å²) in [7, 11) is 0. The van der Waals surface area contributed by atoms with Gasteiger partial charge in [0.05, 0.1) is 6.61 Å². The summed E-state index contributed by atoms with van der Waals surface area (Å²) in [5.41, 5.74) is 10.7. The van der Waals surface area contributed by atoms with E-state index in [2.05, 4.69) is 12.1 Å². The molecule has 1 aliphatic rings. The van der Waals surface area contributed by atoms with Crippen LogP contribution in [-0.2, 0) is 9.53 Å². The number of rotatable bonds is 3. The Bertz CT molecular complexity index is 605. The molecule has 0 aliphatic heterocycles. The fourth-order valence-corrected chi connectivity index (χ4v) is 2.96. The first kappa shape index (κ1) is 12.9. The summed E-state index contributed by atoms with van der Waals surface area (Å²) in [4.78, 5) is 12.0. The first-order valence-corrected chi connectivity index (χ1v) is 6.84. The summed E-state index contributed by atoms with van der Waals surface area (Å²) in [6.45, 7) is 2.14. The molecule has 1 unspecified atom stereocenters. The summed E-state index contributed by atoms with van der Waals surface area (Å²) >= 11 is 0. The monoisotopic (exact) mass is 267 g/mol. The lowest BCUT2D eigenvalue weighted by Gasteiger charge is -2.20. The van der Waals surface area contributed by atoms with E-state index in [1.807, 2.05) is 36.4 Å². The minimum atomic E-state index is -0.667. The van der Waals surface area contributed by atoms with Crippen molar-refractivity contribution < 1.29 is 9.53 Å². The van der Waals surface area contributed by atoms with Gasteiger partial charge in [0.25, 0.3) is 0 Å². The number of ether oxygens (including phenoxy) is 1. The van der Waals surface area contributed by atoms with Crippen molar-refractivity contribution in [3.63, 3.8) is 0 Å². The van der Waals surface area contributed by atoms with Crippen LogP contribution in [0.3, 0.4) is 0 Å². The lowest BCUT2D eigenvalue weighted by atomic mass is 9.90. The molecule has 0 saturated heterocycles. The van der Waals surface area contributed by atoms with Crippen LogP contribution < -0.4 is 5.73 Å². The van der Waals surface area contributed by atoms with Crippen LogP contribution in [0.5, 0.6) is 0 Å². The molecule has 2 aromatic rings. The zero-order valence-electron chi connectivity index (χ0n) is 11.4. The fourth-order valence-electron chi connectivity index (χ4n) is 2.96. The molecular weight excluding hydrogens is 250 g/mol. The van der Waals surface area contributed by atoms with Crippen LogP contribution in [0.25, 0.3) is 11.1 Å². The quantitative estimate of drug-likeness (QED) is 0.870. The second-order valence-corrected chi connectivity index (χ2v) is 4.93. The normalized spacial score (nSPS) is 14.5. The van der Waals surface area contributed by atoms with Crippen molar-refractivity contribution in [1.29, 1.82) is 0 Å². The second kappa shape index (κ2) is 5.10. The van der Waals surface area contributed by atoms with Gasteiger partial charge in [0, 0.05) is 5.92 Å². The van der Waals surface area contributed by atoms with E-state index in [1.165, 1.54) is 0 Å². The summed E-state index contributed by atoms with van der Waals surface area (Å²) < 4.78 is 5.08. The molecule has 1 atom stereocenters. The van der Waals surface area contributed by atoms with Crippen LogP contribution in [0.15, 0.2) is 48.5 Å². The fraction of sp³-hybridized carbons (Fsp3) is 0.235. The molecule has 2 N–H and O–H groups in total. The first-order chi connectivity index (χ1) is 9.74. The van der Waals surface area contributed by atoms with E-state index in [4.69, 9.17) is 10.5 Å². The number of esters is 1. The lowest BCUT2D eigenvalue weighted by Crippen LogP contribution is -2.38. The molecule has 0 radical (unpaired) electrons. The minimum Gasteiger partial charge on any atom is -0.465 e. The van der Waals surface area contributed by atoms with Crippen molar-refractivity contribution in [3.8, 4) is 11.1 Å². The van der Waals surface area contributed by atoms with Gasteiger partial charge in [0.1, 0.15) is 6.04 Å². The third-order valence-electron chi connectivity index (χ3n) is 3.80. The number of nitrogens with two attached hydrogens (primary N) is 1. The van der Waals surface area contributed by atoms with E-state index in [9.17, 15) is 4.79 Å². The Balaban J connectivity index is 2.09. The Morgan fingerprint density at radius 2 is 1.60 bits per heavy atom. The molecule has 102 valence electrons. The van der Waals surface area contributed by atoms with E-state index in [1.54, 1.807) is 6.92 Å². The average molecular weight is 267 g/mol. The Morgan fingerprint density at radius 3 is 2.10 bits per heavy atom. The van der Waals surface area contributed by atoms with Crippen molar-refractivity contribution in [2.24, 2.45) is 5.73 Å². The first-order valence-electron chi connectivity index (χ1n) is 6.84. The molecule has 0 aromatic heterocycles. The molecule has 3 heteroatoms. The van der Waals surface area contributed by atoms with Gasteiger partial charge in [-0.1, -0.05) is 48.5 Å². The van der Waals surface area contributed by atoms with Gasteiger partial charge >= 0.3 is 5.97 Å². The zero-order valence-corrected chi connectivity index (χ0v) is 11.4. The van der Waals surface area contributed by atoms with E-state index < -0.39 is 6.04 Å². The molecule has 0 bridgehead atoms. The smallest absolute Gasteiger partial charge is 0.323 e. The second-order valence-electron chi connectivity index (χ2n) is 4.93. The van der Waals surface area contributed by atoms with Crippen LogP contribution in [0.1, 0.15) is 24.0 Å². The number of carbonyl (C=O) groups is 1. The molecule has 1 aliphatic carbocycles. The highest BCUT2D eigenvalue weighted by Gasteiger charge is 2.36.